The number of hydrogen-bond donors (Lipinski definition) is 1. The number of rotatable bonds is 2. The van der Waals surface area contributed by atoms with E-state index < -0.39 is 0 Å². The number of nitrogens with zero attached hydrogens (tertiary/aromatic N) is 1. The molecule has 0 fully saturated rings. The summed E-state index contributed by atoms with van der Waals surface area (Å²) in [7, 11) is 0. The molecule has 0 spiro atoms. The molecular formula is C16H17NO. The molecule has 18 heavy (non-hydrogen) atoms. The van der Waals surface area contributed by atoms with Gasteiger partial charge in [0.2, 0.25) is 0 Å². The summed E-state index contributed by atoms with van der Waals surface area (Å²) in [6, 6.07) is 14.2. The summed E-state index contributed by atoms with van der Waals surface area (Å²) >= 11 is 0. The Morgan fingerprint density at radius 3 is 2.33 bits per heavy atom. The number of hydrogen-bond acceptors (Lipinski definition) is 2. The van der Waals surface area contributed by atoms with Gasteiger partial charge in [0, 0.05) is 19.6 Å². The Hall–Kier alpha value is -1.80. The lowest BCUT2D eigenvalue weighted by molar-refractivity contribution is 0.275. The zero-order chi connectivity index (χ0) is 12.5. The molecule has 1 N–H and O–H groups in total. The highest BCUT2D eigenvalue weighted by Crippen LogP contribution is 2.25. The average Bonchev–Trinajstić information content (AvgIpc) is 2.75. The molecule has 0 atom stereocenters. The van der Waals surface area contributed by atoms with E-state index >= 15 is 0 Å². The highest BCUT2D eigenvalue weighted by molar-refractivity contribution is 5.35. The zero-order valence-corrected chi connectivity index (χ0v) is 10.6. The molecule has 0 saturated heterocycles. The number of phenolic OH excluding ortho intramolecular Hbond substituents is 1. The van der Waals surface area contributed by atoms with Gasteiger partial charge in [-0.1, -0.05) is 30.3 Å². The Morgan fingerprint density at radius 1 is 1.06 bits per heavy atom. The lowest BCUT2D eigenvalue weighted by Crippen LogP contribution is -2.16. The van der Waals surface area contributed by atoms with E-state index in [0.717, 1.165) is 25.2 Å². The van der Waals surface area contributed by atoms with E-state index in [1.807, 2.05) is 12.1 Å². The average molecular weight is 239 g/mol. The van der Waals surface area contributed by atoms with Gasteiger partial charge in [0.15, 0.2) is 0 Å². The molecular weight excluding hydrogens is 222 g/mol. The lowest BCUT2D eigenvalue weighted by atomic mass is 10.1. The number of fused-ring (bicyclic) bond motifs is 1. The van der Waals surface area contributed by atoms with Crippen LogP contribution in [0, 0.1) is 6.92 Å². The minimum atomic E-state index is 0.348. The van der Waals surface area contributed by atoms with Gasteiger partial charge in [-0.05, 0) is 41.3 Å². The van der Waals surface area contributed by atoms with Crippen molar-refractivity contribution in [1.82, 2.24) is 4.90 Å². The zero-order valence-electron chi connectivity index (χ0n) is 10.6. The molecule has 0 aliphatic carbocycles. The largest absolute Gasteiger partial charge is 0.508 e. The van der Waals surface area contributed by atoms with E-state index in [1.54, 1.807) is 6.07 Å². The van der Waals surface area contributed by atoms with Crippen LogP contribution in [0.15, 0.2) is 42.5 Å². The van der Waals surface area contributed by atoms with Crippen LogP contribution < -0.4 is 0 Å². The fourth-order valence-corrected chi connectivity index (χ4v) is 2.61. The van der Waals surface area contributed by atoms with Crippen molar-refractivity contribution < 1.29 is 5.11 Å². The third-order valence-electron chi connectivity index (χ3n) is 3.63. The van der Waals surface area contributed by atoms with Crippen molar-refractivity contribution in [2.24, 2.45) is 0 Å². The van der Waals surface area contributed by atoms with Crippen molar-refractivity contribution in [1.29, 1.82) is 0 Å². The SMILES string of the molecule is Cc1cc(O)ccc1CN1Cc2ccccc2C1. The molecule has 92 valence electrons. The Labute approximate surface area is 107 Å². The van der Waals surface area contributed by atoms with Crippen LogP contribution in [0.5, 0.6) is 5.75 Å². The maximum atomic E-state index is 9.43. The van der Waals surface area contributed by atoms with E-state index in [1.165, 1.54) is 16.7 Å². The first-order valence-corrected chi connectivity index (χ1v) is 6.30. The quantitative estimate of drug-likeness (QED) is 0.869. The molecule has 1 aliphatic heterocycles. The first-order valence-electron chi connectivity index (χ1n) is 6.30. The van der Waals surface area contributed by atoms with Gasteiger partial charge in [0.25, 0.3) is 0 Å². The van der Waals surface area contributed by atoms with Crippen molar-refractivity contribution in [2.45, 2.75) is 26.6 Å². The summed E-state index contributed by atoms with van der Waals surface area (Å²) in [5, 5.41) is 9.43. The maximum absolute atomic E-state index is 9.43. The molecule has 2 heteroatoms. The normalized spacial score (nSPS) is 14.7. The summed E-state index contributed by atoms with van der Waals surface area (Å²) in [6.45, 7) is 5.05. The lowest BCUT2D eigenvalue weighted by Gasteiger charge is -2.16. The Morgan fingerprint density at radius 2 is 1.72 bits per heavy atom. The topological polar surface area (TPSA) is 23.5 Å². The highest BCUT2D eigenvalue weighted by Gasteiger charge is 2.18. The van der Waals surface area contributed by atoms with E-state index in [2.05, 4.69) is 36.1 Å². The van der Waals surface area contributed by atoms with Crippen LogP contribution in [0.2, 0.25) is 0 Å². The number of phenols is 1. The molecule has 0 aromatic heterocycles. The van der Waals surface area contributed by atoms with Crippen LogP contribution >= 0.6 is 0 Å². The molecule has 1 heterocycles. The van der Waals surface area contributed by atoms with Gasteiger partial charge >= 0.3 is 0 Å². The smallest absolute Gasteiger partial charge is 0.115 e. The summed E-state index contributed by atoms with van der Waals surface area (Å²) < 4.78 is 0. The minimum absolute atomic E-state index is 0.348. The van der Waals surface area contributed by atoms with E-state index in [4.69, 9.17) is 0 Å². The highest BCUT2D eigenvalue weighted by atomic mass is 16.3. The molecule has 2 aromatic carbocycles. The van der Waals surface area contributed by atoms with E-state index in [0.29, 0.717) is 5.75 Å². The van der Waals surface area contributed by atoms with Crippen LogP contribution in [0.1, 0.15) is 22.3 Å². The summed E-state index contributed by atoms with van der Waals surface area (Å²) in [4.78, 5) is 2.43. The summed E-state index contributed by atoms with van der Waals surface area (Å²) in [5.41, 5.74) is 5.33. The Balaban J connectivity index is 1.76. The monoisotopic (exact) mass is 239 g/mol. The van der Waals surface area contributed by atoms with Gasteiger partial charge in [0.05, 0.1) is 0 Å². The van der Waals surface area contributed by atoms with E-state index in [9.17, 15) is 5.11 Å². The maximum Gasteiger partial charge on any atom is 0.115 e. The minimum Gasteiger partial charge on any atom is -0.508 e. The molecule has 0 unspecified atom stereocenters. The van der Waals surface area contributed by atoms with Crippen LogP contribution in [-0.2, 0) is 19.6 Å². The second-order valence-electron chi connectivity index (χ2n) is 5.02. The first kappa shape index (κ1) is 11.3. The fourth-order valence-electron chi connectivity index (χ4n) is 2.61. The standard InChI is InChI=1S/C16H17NO/c1-12-8-16(18)7-6-13(12)9-17-10-14-4-2-3-5-15(14)11-17/h2-8,18H,9-11H2,1H3. The van der Waals surface area contributed by atoms with Gasteiger partial charge in [-0.15, -0.1) is 0 Å². The number of benzene rings is 2. The summed E-state index contributed by atoms with van der Waals surface area (Å²) in [5.74, 6) is 0.348. The van der Waals surface area contributed by atoms with Gasteiger partial charge in [-0.2, -0.15) is 0 Å². The molecule has 2 aromatic rings. The third-order valence-corrected chi connectivity index (χ3v) is 3.63. The fraction of sp³-hybridized carbons (Fsp3) is 0.250. The Kier molecular flexibility index (Phi) is 2.80. The van der Waals surface area contributed by atoms with Gasteiger partial charge in [0.1, 0.15) is 5.75 Å². The predicted molar refractivity (Wildman–Crippen MR) is 72.2 cm³/mol. The van der Waals surface area contributed by atoms with Gasteiger partial charge < -0.3 is 5.11 Å². The van der Waals surface area contributed by atoms with Crippen LogP contribution in [0.4, 0.5) is 0 Å². The van der Waals surface area contributed by atoms with Crippen molar-refractivity contribution in [3.63, 3.8) is 0 Å². The Bertz CT molecular complexity index is 552. The van der Waals surface area contributed by atoms with E-state index in [-0.39, 0.29) is 0 Å². The third kappa shape index (κ3) is 2.12. The first-order chi connectivity index (χ1) is 8.72. The number of aryl methyl sites for hydroxylation is 1. The summed E-state index contributed by atoms with van der Waals surface area (Å²) in [6.07, 6.45) is 0. The van der Waals surface area contributed by atoms with Gasteiger partial charge in [-0.25, -0.2) is 0 Å². The van der Waals surface area contributed by atoms with Gasteiger partial charge in [-0.3, -0.25) is 4.90 Å². The molecule has 0 bridgehead atoms. The van der Waals surface area contributed by atoms with Crippen LogP contribution in [0.25, 0.3) is 0 Å². The van der Waals surface area contributed by atoms with Crippen LogP contribution in [0.3, 0.4) is 0 Å². The molecule has 3 rings (SSSR count). The predicted octanol–water partition coefficient (Wildman–Crippen LogP) is 3.22. The molecule has 0 radical (unpaired) electrons. The van der Waals surface area contributed by atoms with Crippen molar-refractivity contribution >= 4 is 0 Å². The van der Waals surface area contributed by atoms with Crippen molar-refractivity contribution in [2.75, 3.05) is 0 Å². The second kappa shape index (κ2) is 4.46. The van der Waals surface area contributed by atoms with Crippen molar-refractivity contribution in [3.8, 4) is 5.75 Å². The second-order valence-corrected chi connectivity index (χ2v) is 5.02. The molecule has 0 amide bonds. The molecule has 2 nitrogen and oxygen atoms in total. The van der Waals surface area contributed by atoms with Crippen LogP contribution in [-0.4, -0.2) is 10.0 Å². The molecule has 0 saturated carbocycles. The van der Waals surface area contributed by atoms with Crippen molar-refractivity contribution in [3.05, 3.63) is 64.7 Å². The molecule has 1 aliphatic rings. The number of aromatic hydroxyl groups is 1.